The van der Waals surface area contributed by atoms with E-state index in [1.165, 1.54) is 12.1 Å². The van der Waals surface area contributed by atoms with Crippen molar-refractivity contribution in [2.75, 3.05) is 33.0 Å². The van der Waals surface area contributed by atoms with E-state index in [0.29, 0.717) is 55.0 Å². The fraction of sp³-hybridized carbons (Fsp3) is 0.378. The summed E-state index contributed by atoms with van der Waals surface area (Å²) in [6, 6.07) is 14.4. The van der Waals surface area contributed by atoms with Gasteiger partial charge < -0.3 is 23.4 Å². The summed E-state index contributed by atoms with van der Waals surface area (Å²) in [6.07, 6.45) is 5.63. The van der Waals surface area contributed by atoms with Crippen LogP contribution in [0, 0.1) is 30.0 Å². The summed E-state index contributed by atoms with van der Waals surface area (Å²) in [5.41, 5.74) is 6.18. The van der Waals surface area contributed by atoms with Gasteiger partial charge in [-0.3, -0.25) is 9.78 Å². The maximum atomic E-state index is 14.5. The Labute approximate surface area is 277 Å². The molecule has 3 aliphatic heterocycles. The molecule has 11 heteroatoms. The van der Waals surface area contributed by atoms with Crippen molar-refractivity contribution in [3.8, 4) is 28.7 Å². The van der Waals surface area contributed by atoms with Crippen LogP contribution in [-0.2, 0) is 15.9 Å². The van der Waals surface area contributed by atoms with Crippen LogP contribution in [-0.4, -0.2) is 63.5 Å². The Morgan fingerprint density at radius 1 is 1.04 bits per heavy atom. The van der Waals surface area contributed by atoms with E-state index in [0.717, 1.165) is 71.5 Å². The minimum absolute atomic E-state index is 0.0227. The van der Waals surface area contributed by atoms with Gasteiger partial charge in [0.05, 0.1) is 53.4 Å². The smallest absolute Gasteiger partial charge is 0.257 e. The second-order valence-electron chi connectivity index (χ2n) is 12.9. The molecule has 2 saturated heterocycles. The molecule has 0 spiro atoms. The van der Waals surface area contributed by atoms with Crippen LogP contribution in [0.25, 0.3) is 33.5 Å². The number of nitrogens with zero attached hydrogens (tertiary/aromatic N) is 6. The first kappa shape index (κ1) is 30.4. The lowest BCUT2D eigenvalue weighted by atomic mass is 9.88. The molecule has 5 aromatic rings. The number of aryl methyl sites for hydroxylation is 2. The van der Waals surface area contributed by atoms with Crippen LogP contribution in [0.2, 0.25) is 0 Å². The highest BCUT2D eigenvalue weighted by Crippen LogP contribution is 2.46. The van der Waals surface area contributed by atoms with E-state index in [1.807, 2.05) is 42.3 Å². The molecular formula is C37H35FN6O4. The lowest BCUT2D eigenvalue weighted by Crippen LogP contribution is -2.38. The summed E-state index contributed by atoms with van der Waals surface area (Å²) >= 11 is 0. The molecular weight excluding hydrogens is 611 g/mol. The number of hydrogen-bond acceptors (Lipinski definition) is 8. The summed E-state index contributed by atoms with van der Waals surface area (Å²) in [4.78, 5) is 21.3. The molecule has 2 fully saturated rings. The first-order valence-corrected chi connectivity index (χ1v) is 16.6. The maximum Gasteiger partial charge on any atom is 0.257 e. The van der Waals surface area contributed by atoms with E-state index in [4.69, 9.17) is 18.9 Å². The molecule has 1 unspecified atom stereocenters. The molecule has 8 rings (SSSR count). The zero-order valence-corrected chi connectivity index (χ0v) is 26.9. The van der Waals surface area contributed by atoms with Crippen molar-refractivity contribution < 1.29 is 23.1 Å². The lowest BCUT2D eigenvalue weighted by molar-refractivity contribution is 0.00352. The first-order chi connectivity index (χ1) is 23.4. The molecule has 3 aliphatic rings. The number of ether oxygens (including phenoxy) is 2. The van der Waals surface area contributed by atoms with E-state index in [2.05, 4.69) is 20.8 Å². The van der Waals surface area contributed by atoms with Crippen molar-refractivity contribution in [1.82, 2.24) is 24.6 Å². The predicted octanol–water partition coefficient (Wildman–Crippen LogP) is 6.57. The zero-order chi connectivity index (χ0) is 32.9. The minimum atomic E-state index is -0.532. The van der Waals surface area contributed by atoms with Crippen LogP contribution in [0.3, 0.4) is 0 Å². The first-order valence-electron chi connectivity index (χ1n) is 16.6. The SMILES string of the molecule is Cc1nnc(-c2c(CCC3CCOCC3)nc3c(c2-c2ccc4c(ccn4C(C)c4ccc(C#N)c(F)c4)c2)C(=O)N2CCOC[C@@H]32)o1. The number of carbonyl (C=O) groups excluding carboxylic acids is 1. The van der Waals surface area contributed by atoms with Gasteiger partial charge in [-0.15, -0.1) is 10.2 Å². The minimum Gasteiger partial charge on any atom is -0.421 e. The van der Waals surface area contributed by atoms with Gasteiger partial charge >= 0.3 is 0 Å². The maximum absolute atomic E-state index is 14.5. The number of benzene rings is 2. The highest BCUT2D eigenvalue weighted by Gasteiger charge is 2.44. The monoisotopic (exact) mass is 646 g/mol. The molecule has 2 atom stereocenters. The van der Waals surface area contributed by atoms with E-state index in [-0.39, 0.29) is 23.6 Å². The average molecular weight is 647 g/mol. The normalized spacial score (nSPS) is 18.6. The molecule has 0 saturated carbocycles. The lowest BCUT2D eigenvalue weighted by Gasteiger charge is -2.29. The summed E-state index contributed by atoms with van der Waals surface area (Å²) in [7, 11) is 0. The van der Waals surface area contributed by atoms with Crippen molar-refractivity contribution >= 4 is 16.8 Å². The number of amides is 1. The van der Waals surface area contributed by atoms with Crippen LogP contribution in [0.5, 0.6) is 0 Å². The van der Waals surface area contributed by atoms with Gasteiger partial charge in [0.1, 0.15) is 11.9 Å². The molecule has 0 radical (unpaired) electrons. The number of carbonyl (C=O) groups is 1. The predicted molar refractivity (Wildman–Crippen MR) is 175 cm³/mol. The van der Waals surface area contributed by atoms with Gasteiger partial charge in [0, 0.05) is 49.3 Å². The van der Waals surface area contributed by atoms with Crippen molar-refractivity contribution in [3.63, 3.8) is 0 Å². The Balaban J connectivity index is 1.28. The topological polar surface area (TPSA) is 119 Å². The number of rotatable bonds is 7. The third kappa shape index (κ3) is 5.16. The highest BCUT2D eigenvalue weighted by molar-refractivity contribution is 6.08. The van der Waals surface area contributed by atoms with Gasteiger partial charge in [-0.05, 0) is 80.0 Å². The number of halogens is 1. The Hall–Kier alpha value is -4.92. The van der Waals surface area contributed by atoms with Crippen LogP contribution >= 0.6 is 0 Å². The Bertz CT molecular complexity index is 2090. The molecule has 10 nitrogen and oxygen atoms in total. The number of fused-ring (bicyclic) bond motifs is 4. The molecule has 244 valence electrons. The molecule has 3 aromatic heterocycles. The average Bonchev–Trinajstić information content (AvgIpc) is 3.82. The summed E-state index contributed by atoms with van der Waals surface area (Å²) in [6.45, 7) is 6.69. The Morgan fingerprint density at radius 3 is 2.67 bits per heavy atom. The molecule has 0 bridgehead atoms. The number of nitriles is 1. The quantitative estimate of drug-likeness (QED) is 0.195. The van der Waals surface area contributed by atoms with Gasteiger partial charge in [0.2, 0.25) is 11.8 Å². The van der Waals surface area contributed by atoms with Crippen molar-refractivity contribution in [3.05, 3.63) is 88.4 Å². The van der Waals surface area contributed by atoms with Crippen molar-refractivity contribution in [2.45, 2.75) is 51.6 Å². The Kier molecular flexibility index (Phi) is 7.77. The van der Waals surface area contributed by atoms with Gasteiger partial charge in [0.25, 0.3) is 5.91 Å². The van der Waals surface area contributed by atoms with Crippen molar-refractivity contribution in [2.24, 2.45) is 5.92 Å². The zero-order valence-electron chi connectivity index (χ0n) is 26.9. The van der Waals surface area contributed by atoms with E-state index < -0.39 is 5.82 Å². The molecule has 0 N–H and O–H groups in total. The number of aromatic nitrogens is 4. The fourth-order valence-corrected chi connectivity index (χ4v) is 7.50. The molecule has 0 aliphatic carbocycles. The van der Waals surface area contributed by atoms with Gasteiger partial charge in [-0.2, -0.15) is 5.26 Å². The second-order valence-corrected chi connectivity index (χ2v) is 12.9. The fourth-order valence-electron chi connectivity index (χ4n) is 7.50. The number of hydrogen-bond donors (Lipinski definition) is 0. The van der Waals surface area contributed by atoms with Crippen molar-refractivity contribution in [1.29, 1.82) is 5.26 Å². The Morgan fingerprint density at radius 2 is 1.90 bits per heavy atom. The van der Waals surface area contributed by atoms with E-state index in [1.54, 1.807) is 13.0 Å². The summed E-state index contributed by atoms with van der Waals surface area (Å²) < 4.78 is 34.2. The highest BCUT2D eigenvalue weighted by atomic mass is 19.1. The van der Waals surface area contributed by atoms with E-state index in [9.17, 15) is 14.4 Å². The second kappa shape index (κ2) is 12.3. The largest absolute Gasteiger partial charge is 0.421 e. The van der Waals surface area contributed by atoms with Crippen LogP contribution in [0.15, 0.2) is 53.1 Å². The van der Waals surface area contributed by atoms with Gasteiger partial charge in [-0.1, -0.05) is 12.1 Å². The van der Waals surface area contributed by atoms with Crippen LogP contribution in [0.1, 0.15) is 77.0 Å². The molecule has 6 heterocycles. The van der Waals surface area contributed by atoms with Crippen LogP contribution < -0.4 is 0 Å². The summed E-state index contributed by atoms with van der Waals surface area (Å²) in [5.74, 6) is 0.708. The third-order valence-electron chi connectivity index (χ3n) is 10.1. The molecule has 1 amide bonds. The number of morpholine rings is 1. The van der Waals surface area contributed by atoms with Gasteiger partial charge in [-0.25, -0.2) is 4.39 Å². The van der Waals surface area contributed by atoms with Gasteiger partial charge in [0.15, 0.2) is 0 Å². The third-order valence-corrected chi connectivity index (χ3v) is 10.1. The van der Waals surface area contributed by atoms with Crippen LogP contribution in [0.4, 0.5) is 4.39 Å². The standard InChI is InChI=1S/C37H35FN6O4/c1-21(24-4-5-27(19-39)28(38)18-24)43-12-9-25-17-26(6-8-30(25)43)32-33(36-42-41-22(2)48-36)29(7-3-23-10-14-46-15-11-23)40-35-31-20-47-16-13-44(31)37(45)34(32)35/h4-6,8-9,12,17-18,21,23,31H,3,7,10-11,13-16,20H2,1-2H3/t21?,31-/m0/s1. The summed E-state index contributed by atoms with van der Waals surface area (Å²) in [5, 5.41) is 18.8. The molecule has 48 heavy (non-hydrogen) atoms. The van der Waals surface area contributed by atoms with E-state index >= 15 is 0 Å². The molecule has 2 aromatic carbocycles. The number of pyridine rings is 1.